The van der Waals surface area contributed by atoms with Gasteiger partial charge in [-0.05, 0) is 91.7 Å². The fraction of sp³-hybridized carbons (Fsp3) is 0.0417. The summed E-state index contributed by atoms with van der Waals surface area (Å²) in [6.45, 7) is 4.39. The second-order valence-electron chi connectivity index (χ2n) is 13.2. The molecule has 4 nitrogen and oxygen atoms in total. The average Bonchev–Trinajstić information content (AvgIpc) is 3.53. The molecule has 7 aromatic carbocycles. The molecule has 2 heterocycles. The Morgan fingerprint density at radius 2 is 0.981 bits per heavy atom. The maximum Gasteiger partial charge on any atom is 0.160 e. The summed E-state index contributed by atoms with van der Waals surface area (Å²) < 4.78 is 2.42. The number of hydrogen-bond donors (Lipinski definition) is 0. The first kappa shape index (κ1) is 31.2. The van der Waals surface area contributed by atoms with Gasteiger partial charge in [0.2, 0.25) is 0 Å². The number of aryl methyl sites for hydroxylation is 2. The Morgan fingerprint density at radius 3 is 1.65 bits per heavy atom. The molecule has 0 bridgehead atoms. The van der Waals surface area contributed by atoms with Gasteiger partial charge >= 0.3 is 0 Å². The van der Waals surface area contributed by atoms with Crippen LogP contribution in [0.15, 0.2) is 182 Å². The number of nitrogens with zero attached hydrogens (tertiary/aromatic N) is 4. The van der Waals surface area contributed by atoms with Gasteiger partial charge in [-0.1, -0.05) is 115 Å². The number of benzene rings is 7. The van der Waals surface area contributed by atoms with Crippen LogP contribution < -0.4 is 4.90 Å². The summed E-state index contributed by atoms with van der Waals surface area (Å²) in [5.74, 6) is 0.719. The predicted octanol–water partition coefficient (Wildman–Crippen LogP) is 12.7. The Balaban J connectivity index is 1.20. The van der Waals surface area contributed by atoms with Crippen LogP contribution in [-0.2, 0) is 0 Å². The molecule has 0 aliphatic carbocycles. The number of hydrogen-bond acceptors (Lipinski definition) is 3. The molecule has 0 aliphatic heterocycles. The first-order valence-electron chi connectivity index (χ1n) is 17.7. The highest BCUT2D eigenvalue weighted by atomic mass is 15.1. The summed E-state index contributed by atoms with van der Waals surface area (Å²) >= 11 is 0. The van der Waals surface area contributed by atoms with Crippen LogP contribution >= 0.6 is 0 Å². The van der Waals surface area contributed by atoms with E-state index in [0.717, 1.165) is 62.2 Å². The molecule has 0 aliphatic rings. The molecule has 52 heavy (non-hydrogen) atoms. The van der Waals surface area contributed by atoms with Crippen LogP contribution in [0.2, 0.25) is 0 Å². The Bertz CT molecular complexity index is 2590. The molecule has 9 aromatic rings. The fourth-order valence-electron chi connectivity index (χ4n) is 7.34. The van der Waals surface area contributed by atoms with Gasteiger partial charge in [0, 0.05) is 50.2 Å². The van der Waals surface area contributed by atoms with E-state index in [0.29, 0.717) is 0 Å². The smallest absolute Gasteiger partial charge is 0.160 e. The Kier molecular flexibility index (Phi) is 7.90. The SMILES string of the molecule is Cc1cc(-n2c3ccccc3c3cc(N(c4ccccc4)c4ccccc4)ccc32)c(C)cc1-c1cc(-c2ccccc2)nc(-c2ccccc2)n1. The van der Waals surface area contributed by atoms with Crippen molar-refractivity contribution in [2.45, 2.75) is 13.8 Å². The van der Waals surface area contributed by atoms with Crippen LogP contribution in [0.4, 0.5) is 17.1 Å². The average molecular weight is 669 g/mol. The number of aromatic nitrogens is 3. The van der Waals surface area contributed by atoms with Gasteiger partial charge < -0.3 is 9.47 Å². The molecule has 0 N–H and O–H groups in total. The van der Waals surface area contributed by atoms with Crippen molar-refractivity contribution in [3.8, 4) is 39.6 Å². The van der Waals surface area contributed by atoms with E-state index in [4.69, 9.17) is 9.97 Å². The van der Waals surface area contributed by atoms with E-state index in [1.54, 1.807) is 0 Å². The van der Waals surface area contributed by atoms with Gasteiger partial charge in [-0.15, -0.1) is 0 Å². The zero-order valence-electron chi connectivity index (χ0n) is 29.1. The second-order valence-corrected chi connectivity index (χ2v) is 13.2. The highest BCUT2D eigenvalue weighted by Crippen LogP contribution is 2.41. The van der Waals surface area contributed by atoms with Crippen LogP contribution in [0.3, 0.4) is 0 Å². The topological polar surface area (TPSA) is 34.0 Å². The van der Waals surface area contributed by atoms with Gasteiger partial charge in [0.1, 0.15) is 0 Å². The van der Waals surface area contributed by atoms with E-state index in [1.807, 2.05) is 24.3 Å². The maximum atomic E-state index is 5.15. The summed E-state index contributed by atoms with van der Waals surface area (Å²) in [6.07, 6.45) is 0. The van der Waals surface area contributed by atoms with Gasteiger partial charge in [0.05, 0.1) is 22.4 Å². The van der Waals surface area contributed by atoms with E-state index >= 15 is 0 Å². The van der Waals surface area contributed by atoms with Crippen molar-refractivity contribution in [2.75, 3.05) is 4.90 Å². The minimum atomic E-state index is 0.719. The summed E-state index contributed by atoms with van der Waals surface area (Å²) in [4.78, 5) is 12.5. The van der Waals surface area contributed by atoms with Crippen LogP contribution in [0.1, 0.15) is 11.1 Å². The molecule has 0 unspecified atom stereocenters. The van der Waals surface area contributed by atoms with Crippen molar-refractivity contribution >= 4 is 38.9 Å². The number of para-hydroxylation sites is 3. The molecule has 0 amide bonds. The molecule has 0 spiro atoms. The molecule has 0 radical (unpaired) electrons. The van der Waals surface area contributed by atoms with Crippen molar-refractivity contribution < 1.29 is 0 Å². The second kappa shape index (κ2) is 13.2. The highest BCUT2D eigenvalue weighted by Gasteiger charge is 2.20. The Morgan fingerprint density at radius 1 is 0.423 bits per heavy atom. The lowest BCUT2D eigenvalue weighted by Crippen LogP contribution is -2.09. The van der Waals surface area contributed by atoms with Crippen LogP contribution in [0, 0.1) is 13.8 Å². The first-order chi connectivity index (χ1) is 25.6. The molecule has 0 saturated heterocycles. The monoisotopic (exact) mass is 668 g/mol. The molecule has 0 saturated carbocycles. The fourth-order valence-corrected chi connectivity index (χ4v) is 7.34. The predicted molar refractivity (Wildman–Crippen MR) is 217 cm³/mol. The van der Waals surface area contributed by atoms with E-state index in [2.05, 4.69) is 181 Å². The molecule has 0 atom stereocenters. The normalized spacial score (nSPS) is 11.3. The third-order valence-corrected chi connectivity index (χ3v) is 9.83. The molecule has 248 valence electrons. The van der Waals surface area contributed by atoms with E-state index in [-0.39, 0.29) is 0 Å². The summed E-state index contributed by atoms with van der Waals surface area (Å²) in [6, 6.07) is 64.1. The highest BCUT2D eigenvalue weighted by molar-refractivity contribution is 6.10. The minimum Gasteiger partial charge on any atom is -0.310 e. The Labute approximate surface area is 303 Å². The standard InChI is InChI=1S/C48H36N4/c1-33-30-47(34(2)29-41(33)44-32-43(35-17-7-3-8-18-35)49-48(50-44)36-19-9-4-10-20-36)52-45-26-16-15-25-40(45)42-31-39(27-28-46(42)52)51(37-21-11-5-12-22-37)38-23-13-6-14-24-38/h3-32H,1-2H3. The van der Waals surface area contributed by atoms with Crippen LogP contribution in [0.5, 0.6) is 0 Å². The molecular weight excluding hydrogens is 633 g/mol. The van der Waals surface area contributed by atoms with Gasteiger partial charge in [-0.25, -0.2) is 9.97 Å². The largest absolute Gasteiger partial charge is 0.310 e. The lowest BCUT2D eigenvalue weighted by atomic mass is 9.99. The van der Waals surface area contributed by atoms with Crippen molar-refractivity contribution in [3.05, 3.63) is 193 Å². The first-order valence-corrected chi connectivity index (χ1v) is 17.7. The number of rotatable bonds is 7. The van der Waals surface area contributed by atoms with E-state index in [1.165, 1.54) is 27.4 Å². The summed E-state index contributed by atoms with van der Waals surface area (Å²) in [7, 11) is 0. The third-order valence-electron chi connectivity index (χ3n) is 9.83. The van der Waals surface area contributed by atoms with Crippen molar-refractivity contribution in [2.24, 2.45) is 0 Å². The van der Waals surface area contributed by atoms with Crippen LogP contribution in [-0.4, -0.2) is 14.5 Å². The third kappa shape index (κ3) is 5.61. The quantitative estimate of drug-likeness (QED) is 0.169. The van der Waals surface area contributed by atoms with E-state index in [9.17, 15) is 0 Å². The molecule has 4 heteroatoms. The van der Waals surface area contributed by atoms with Crippen molar-refractivity contribution in [1.29, 1.82) is 0 Å². The Hall–Kier alpha value is -6.78. The van der Waals surface area contributed by atoms with E-state index < -0.39 is 0 Å². The zero-order chi connectivity index (χ0) is 35.0. The summed E-state index contributed by atoms with van der Waals surface area (Å²) in [5.41, 5.74) is 14.2. The van der Waals surface area contributed by atoms with Gasteiger partial charge in [-0.3, -0.25) is 0 Å². The van der Waals surface area contributed by atoms with Gasteiger partial charge in [0.25, 0.3) is 0 Å². The molecular formula is C48H36N4. The van der Waals surface area contributed by atoms with Crippen molar-refractivity contribution in [1.82, 2.24) is 14.5 Å². The zero-order valence-corrected chi connectivity index (χ0v) is 29.1. The lowest BCUT2D eigenvalue weighted by Gasteiger charge is -2.25. The minimum absolute atomic E-state index is 0.719. The maximum absolute atomic E-state index is 5.15. The molecule has 0 fully saturated rings. The number of anilines is 3. The van der Waals surface area contributed by atoms with Crippen molar-refractivity contribution in [3.63, 3.8) is 0 Å². The van der Waals surface area contributed by atoms with Crippen LogP contribution in [0.25, 0.3) is 61.4 Å². The van der Waals surface area contributed by atoms with Gasteiger partial charge in [0.15, 0.2) is 5.82 Å². The lowest BCUT2D eigenvalue weighted by molar-refractivity contribution is 1.13. The summed E-state index contributed by atoms with van der Waals surface area (Å²) in [5, 5.41) is 2.43. The van der Waals surface area contributed by atoms with Gasteiger partial charge in [-0.2, -0.15) is 0 Å². The molecule has 9 rings (SSSR count). The molecule has 2 aromatic heterocycles. The number of fused-ring (bicyclic) bond motifs is 3.